The van der Waals surface area contributed by atoms with Gasteiger partial charge in [-0.25, -0.2) is 0 Å². The van der Waals surface area contributed by atoms with Gasteiger partial charge in [0.2, 0.25) is 11.8 Å². The summed E-state index contributed by atoms with van der Waals surface area (Å²) in [7, 11) is 0. The first kappa shape index (κ1) is 19.0. The Kier molecular flexibility index (Phi) is 5.78. The van der Waals surface area contributed by atoms with Crippen LogP contribution in [0.3, 0.4) is 0 Å². The highest BCUT2D eigenvalue weighted by molar-refractivity contribution is 8.04. The molecule has 0 aromatic rings. The van der Waals surface area contributed by atoms with Crippen molar-refractivity contribution in [1.29, 1.82) is 0 Å². The quantitative estimate of drug-likeness (QED) is 0.733. The van der Waals surface area contributed by atoms with E-state index in [2.05, 4.69) is 13.8 Å². The molecule has 2 amide bonds. The van der Waals surface area contributed by atoms with Gasteiger partial charge in [-0.1, -0.05) is 46.4 Å². The van der Waals surface area contributed by atoms with Crippen molar-refractivity contribution >= 4 is 29.4 Å². The van der Waals surface area contributed by atoms with Crippen molar-refractivity contribution in [1.82, 2.24) is 9.80 Å². The van der Waals surface area contributed by atoms with Gasteiger partial charge in [-0.15, -0.1) is 0 Å². The van der Waals surface area contributed by atoms with Crippen molar-refractivity contribution in [3.63, 3.8) is 0 Å². The maximum atomic E-state index is 12.6. The van der Waals surface area contributed by atoms with E-state index in [1.807, 2.05) is 25.7 Å². The van der Waals surface area contributed by atoms with Crippen LogP contribution in [0.4, 0.5) is 0 Å². The Bertz CT molecular complexity index is 555. The number of hydrogen-bond donors (Lipinski definition) is 0. The minimum Gasteiger partial charge on any atom is -0.341 e. The summed E-state index contributed by atoms with van der Waals surface area (Å²) in [4.78, 5) is 40.3. The lowest BCUT2D eigenvalue weighted by Crippen LogP contribution is -2.47. The van der Waals surface area contributed by atoms with Crippen molar-refractivity contribution in [2.45, 2.75) is 41.0 Å². The molecule has 0 spiro atoms. The molecular formula is C18H28N2O3S. The molecule has 0 aliphatic carbocycles. The molecule has 134 valence electrons. The van der Waals surface area contributed by atoms with Crippen LogP contribution in [0.25, 0.3) is 0 Å². The van der Waals surface area contributed by atoms with Crippen LogP contribution in [-0.4, -0.2) is 52.8 Å². The molecule has 0 N–H and O–H groups in total. The molecular weight excluding hydrogens is 324 g/mol. The molecule has 0 bridgehead atoms. The van der Waals surface area contributed by atoms with E-state index in [1.54, 1.807) is 0 Å². The highest BCUT2D eigenvalue weighted by atomic mass is 32.2. The second kappa shape index (κ2) is 7.30. The molecule has 2 atom stereocenters. The molecule has 2 aliphatic rings. The Morgan fingerprint density at radius 3 is 2.33 bits per heavy atom. The molecule has 2 saturated heterocycles. The zero-order valence-corrected chi connectivity index (χ0v) is 16.1. The third kappa shape index (κ3) is 4.62. The van der Waals surface area contributed by atoms with Crippen molar-refractivity contribution in [2.75, 3.05) is 25.4 Å². The van der Waals surface area contributed by atoms with E-state index in [0.717, 1.165) is 19.5 Å². The van der Waals surface area contributed by atoms with E-state index in [4.69, 9.17) is 0 Å². The van der Waals surface area contributed by atoms with Crippen molar-refractivity contribution in [2.24, 2.45) is 17.3 Å². The summed E-state index contributed by atoms with van der Waals surface area (Å²) in [5.41, 5.74) is -0.493. The molecule has 0 saturated carbocycles. The molecule has 0 aromatic carbocycles. The number of ketones is 1. The van der Waals surface area contributed by atoms with Crippen LogP contribution < -0.4 is 0 Å². The SMILES string of the molecule is CC1CC(C)CN(C(=O)CN2C(=O)CS/C2=C/C(=O)C(C)(C)C)C1. The zero-order valence-electron chi connectivity index (χ0n) is 15.3. The summed E-state index contributed by atoms with van der Waals surface area (Å²) >= 11 is 1.34. The summed E-state index contributed by atoms with van der Waals surface area (Å²) in [5, 5.41) is 0.603. The number of carbonyl (C=O) groups is 3. The van der Waals surface area contributed by atoms with Crippen LogP contribution in [0.5, 0.6) is 0 Å². The van der Waals surface area contributed by atoms with Gasteiger partial charge in [0.25, 0.3) is 0 Å². The maximum Gasteiger partial charge on any atom is 0.242 e. The van der Waals surface area contributed by atoms with Crippen molar-refractivity contribution in [3.05, 3.63) is 11.1 Å². The lowest BCUT2D eigenvalue weighted by Gasteiger charge is -2.35. The summed E-state index contributed by atoms with van der Waals surface area (Å²) in [6, 6.07) is 0. The predicted octanol–water partition coefficient (Wildman–Crippen LogP) is 2.52. The van der Waals surface area contributed by atoms with E-state index in [9.17, 15) is 14.4 Å². The Balaban J connectivity index is 2.08. The Morgan fingerprint density at radius 2 is 1.79 bits per heavy atom. The first-order chi connectivity index (χ1) is 11.1. The van der Waals surface area contributed by atoms with Gasteiger partial charge in [-0.2, -0.15) is 0 Å². The van der Waals surface area contributed by atoms with Gasteiger partial charge in [-0.3, -0.25) is 19.3 Å². The third-order valence-electron chi connectivity index (χ3n) is 4.42. The van der Waals surface area contributed by atoms with E-state index in [0.29, 0.717) is 22.6 Å². The summed E-state index contributed by atoms with van der Waals surface area (Å²) in [6.07, 6.45) is 2.65. The normalized spacial score (nSPS) is 27.0. The standard InChI is InChI=1S/C18H28N2O3S/c1-12-6-13(2)9-19(8-12)15(22)10-20-16(23)11-24-17(20)7-14(21)18(3,4)5/h7,12-13H,6,8-11H2,1-5H3/b17-7+. The molecule has 2 rings (SSSR count). The van der Waals surface area contributed by atoms with E-state index in [-0.39, 0.29) is 24.1 Å². The molecule has 24 heavy (non-hydrogen) atoms. The Hall–Kier alpha value is -1.30. The number of rotatable bonds is 3. The molecule has 2 heterocycles. The lowest BCUT2D eigenvalue weighted by molar-refractivity contribution is -0.139. The van der Waals surface area contributed by atoms with E-state index >= 15 is 0 Å². The van der Waals surface area contributed by atoms with Gasteiger partial charge in [0, 0.05) is 24.6 Å². The number of allylic oxidation sites excluding steroid dienone is 1. The smallest absolute Gasteiger partial charge is 0.242 e. The number of piperidine rings is 1. The maximum absolute atomic E-state index is 12.6. The Labute approximate surface area is 148 Å². The Morgan fingerprint density at radius 1 is 1.21 bits per heavy atom. The van der Waals surface area contributed by atoms with Crippen LogP contribution in [0, 0.1) is 17.3 Å². The first-order valence-corrected chi connectivity index (χ1v) is 9.53. The summed E-state index contributed by atoms with van der Waals surface area (Å²) in [6.45, 7) is 11.4. The minimum atomic E-state index is -0.493. The molecule has 2 unspecified atom stereocenters. The highest BCUT2D eigenvalue weighted by Gasteiger charge is 2.33. The second-order valence-electron chi connectivity index (χ2n) is 8.11. The van der Waals surface area contributed by atoms with Crippen LogP contribution in [0.2, 0.25) is 0 Å². The average molecular weight is 353 g/mol. The number of likely N-dealkylation sites (tertiary alicyclic amines) is 1. The van der Waals surface area contributed by atoms with Crippen LogP contribution in [-0.2, 0) is 14.4 Å². The lowest BCUT2D eigenvalue weighted by atomic mass is 9.91. The molecule has 6 heteroatoms. The highest BCUT2D eigenvalue weighted by Crippen LogP contribution is 2.31. The molecule has 0 radical (unpaired) electrons. The van der Waals surface area contributed by atoms with Gasteiger partial charge in [0.15, 0.2) is 5.78 Å². The molecule has 5 nitrogen and oxygen atoms in total. The minimum absolute atomic E-state index is 0.0293. The van der Waals surface area contributed by atoms with Crippen molar-refractivity contribution < 1.29 is 14.4 Å². The molecule has 2 fully saturated rings. The summed E-state index contributed by atoms with van der Waals surface area (Å²) < 4.78 is 0. The number of hydrogen-bond acceptors (Lipinski definition) is 4. The van der Waals surface area contributed by atoms with Crippen LogP contribution in [0.1, 0.15) is 41.0 Å². The third-order valence-corrected chi connectivity index (χ3v) is 5.44. The molecule has 2 aliphatic heterocycles. The van der Waals surface area contributed by atoms with Gasteiger partial charge >= 0.3 is 0 Å². The largest absolute Gasteiger partial charge is 0.341 e. The van der Waals surface area contributed by atoms with Gasteiger partial charge < -0.3 is 4.90 Å². The fourth-order valence-corrected chi connectivity index (χ4v) is 4.07. The van der Waals surface area contributed by atoms with Gasteiger partial charge in [0.05, 0.1) is 10.8 Å². The van der Waals surface area contributed by atoms with Gasteiger partial charge in [-0.05, 0) is 18.3 Å². The fraction of sp³-hybridized carbons (Fsp3) is 0.722. The zero-order chi connectivity index (χ0) is 18.1. The average Bonchev–Trinajstić information content (AvgIpc) is 2.78. The predicted molar refractivity (Wildman–Crippen MR) is 96.2 cm³/mol. The van der Waals surface area contributed by atoms with Gasteiger partial charge in [0.1, 0.15) is 6.54 Å². The van der Waals surface area contributed by atoms with Crippen molar-refractivity contribution in [3.8, 4) is 0 Å². The van der Waals surface area contributed by atoms with E-state index < -0.39 is 5.41 Å². The number of nitrogens with zero attached hydrogens (tertiary/aromatic N) is 2. The van der Waals surface area contributed by atoms with Crippen LogP contribution in [0.15, 0.2) is 11.1 Å². The molecule has 0 aromatic heterocycles. The number of amides is 2. The monoisotopic (exact) mass is 352 g/mol. The topological polar surface area (TPSA) is 57.7 Å². The number of carbonyl (C=O) groups excluding carboxylic acids is 3. The first-order valence-electron chi connectivity index (χ1n) is 8.55. The van der Waals surface area contributed by atoms with Crippen LogP contribution >= 0.6 is 11.8 Å². The van der Waals surface area contributed by atoms with E-state index in [1.165, 1.54) is 22.7 Å². The summed E-state index contributed by atoms with van der Waals surface area (Å²) in [5.74, 6) is 1.11. The fourth-order valence-electron chi connectivity index (χ4n) is 3.13. The number of thioether (sulfide) groups is 1. The second-order valence-corrected chi connectivity index (χ2v) is 9.11.